The van der Waals surface area contributed by atoms with E-state index in [1.807, 2.05) is 26.8 Å². The van der Waals surface area contributed by atoms with Crippen molar-refractivity contribution in [3.63, 3.8) is 0 Å². The van der Waals surface area contributed by atoms with E-state index in [-0.39, 0.29) is 5.75 Å². The maximum atomic E-state index is 13.0. The minimum absolute atomic E-state index is 0.156. The second kappa shape index (κ2) is 6.27. The molecule has 0 aliphatic rings. The van der Waals surface area contributed by atoms with Crippen molar-refractivity contribution in [3.8, 4) is 17.0 Å². The lowest BCUT2D eigenvalue weighted by Crippen LogP contribution is -2.27. The molecule has 0 aliphatic carbocycles. The lowest BCUT2D eigenvalue weighted by Gasteiger charge is -2.21. The highest BCUT2D eigenvalue weighted by molar-refractivity contribution is 6.05. The first-order chi connectivity index (χ1) is 13.3. The third kappa shape index (κ3) is 2.93. The molecule has 0 spiro atoms. The molecule has 6 heteroatoms. The van der Waals surface area contributed by atoms with E-state index in [9.17, 15) is 14.7 Å². The summed E-state index contributed by atoms with van der Waals surface area (Å²) in [5, 5.41) is 12.3. The lowest BCUT2D eigenvalue weighted by atomic mass is 10.0. The average Bonchev–Trinajstić information content (AvgIpc) is 3.25. The van der Waals surface area contributed by atoms with Gasteiger partial charge >= 0.3 is 6.09 Å². The Balaban J connectivity index is 2.02. The average molecular weight is 376 g/mol. The Morgan fingerprint density at radius 2 is 1.86 bits per heavy atom. The van der Waals surface area contributed by atoms with E-state index in [1.165, 1.54) is 4.57 Å². The van der Waals surface area contributed by atoms with Crippen LogP contribution in [0, 0.1) is 0 Å². The molecule has 2 aromatic carbocycles. The summed E-state index contributed by atoms with van der Waals surface area (Å²) >= 11 is 0. The molecule has 0 unspecified atom stereocenters. The van der Waals surface area contributed by atoms with E-state index in [0.717, 1.165) is 22.6 Å². The minimum Gasteiger partial charge on any atom is -0.507 e. The number of hydrogen-bond acceptors (Lipinski definition) is 4. The van der Waals surface area contributed by atoms with E-state index < -0.39 is 11.7 Å². The van der Waals surface area contributed by atoms with Crippen LogP contribution in [0.3, 0.4) is 0 Å². The molecule has 0 bridgehead atoms. The molecular formula is C22H20N2O4. The van der Waals surface area contributed by atoms with Crippen molar-refractivity contribution >= 4 is 34.1 Å². The summed E-state index contributed by atoms with van der Waals surface area (Å²) in [4.78, 5) is 27.2. The Morgan fingerprint density at radius 3 is 2.57 bits per heavy atom. The molecule has 4 aromatic rings. The van der Waals surface area contributed by atoms with Crippen LogP contribution >= 0.6 is 0 Å². The van der Waals surface area contributed by atoms with Crippen molar-refractivity contribution in [1.29, 1.82) is 0 Å². The summed E-state index contributed by atoms with van der Waals surface area (Å²) in [6, 6.07) is 10.4. The minimum atomic E-state index is -0.661. The molecule has 2 aromatic heterocycles. The van der Waals surface area contributed by atoms with Crippen molar-refractivity contribution in [2.24, 2.45) is 0 Å². The zero-order chi connectivity index (χ0) is 20.1. The number of nitrogens with one attached hydrogen (secondary N) is 1. The Bertz CT molecular complexity index is 1220. The number of rotatable bonds is 2. The van der Waals surface area contributed by atoms with Crippen LogP contribution in [0.4, 0.5) is 4.79 Å². The van der Waals surface area contributed by atoms with E-state index in [0.29, 0.717) is 22.2 Å². The Hall–Kier alpha value is -3.54. The molecule has 0 amide bonds. The van der Waals surface area contributed by atoms with Crippen molar-refractivity contribution < 1.29 is 19.4 Å². The van der Waals surface area contributed by atoms with Gasteiger partial charge in [0.1, 0.15) is 17.6 Å². The van der Waals surface area contributed by atoms with Crippen LogP contribution in [0.1, 0.15) is 31.1 Å². The quantitative estimate of drug-likeness (QED) is 0.477. The molecule has 0 saturated carbocycles. The van der Waals surface area contributed by atoms with Crippen LogP contribution in [-0.2, 0) is 4.74 Å². The first-order valence-corrected chi connectivity index (χ1v) is 8.91. The number of aromatic amines is 1. The zero-order valence-electron chi connectivity index (χ0n) is 15.8. The van der Waals surface area contributed by atoms with Gasteiger partial charge in [-0.05, 0) is 57.2 Å². The predicted octanol–water partition coefficient (Wildman–Crippen LogP) is 5.09. The Morgan fingerprint density at radius 1 is 1.11 bits per heavy atom. The van der Waals surface area contributed by atoms with Crippen molar-refractivity contribution in [2.75, 3.05) is 0 Å². The van der Waals surface area contributed by atoms with Crippen molar-refractivity contribution in [1.82, 2.24) is 9.55 Å². The van der Waals surface area contributed by atoms with Gasteiger partial charge in [0, 0.05) is 39.7 Å². The number of H-pyrrole nitrogens is 1. The van der Waals surface area contributed by atoms with Gasteiger partial charge in [0.2, 0.25) is 0 Å². The number of phenols is 1. The van der Waals surface area contributed by atoms with Gasteiger partial charge in [-0.15, -0.1) is 0 Å². The summed E-state index contributed by atoms with van der Waals surface area (Å²) < 4.78 is 7.13. The van der Waals surface area contributed by atoms with Gasteiger partial charge in [-0.2, -0.15) is 0 Å². The second-order valence-corrected chi connectivity index (χ2v) is 7.70. The summed E-state index contributed by atoms with van der Waals surface area (Å²) in [5.74, 6) is 0.156. The molecule has 0 saturated heterocycles. The molecule has 0 aliphatic heterocycles. The van der Waals surface area contributed by atoms with E-state index in [1.54, 1.807) is 42.7 Å². The van der Waals surface area contributed by atoms with Crippen LogP contribution in [0.25, 0.3) is 32.9 Å². The molecule has 6 nitrogen and oxygen atoms in total. The van der Waals surface area contributed by atoms with Gasteiger partial charge in [-0.1, -0.05) is 0 Å². The van der Waals surface area contributed by atoms with Crippen LogP contribution in [0.5, 0.6) is 5.75 Å². The first kappa shape index (κ1) is 17.9. The van der Waals surface area contributed by atoms with Crippen LogP contribution in [-0.4, -0.2) is 32.6 Å². The van der Waals surface area contributed by atoms with E-state index in [4.69, 9.17) is 4.74 Å². The highest BCUT2D eigenvalue weighted by Crippen LogP contribution is 2.37. The zero-order valence-corrected chi connectivity index (χ0v) is 15.8. The summed E-state index contributed by atoms with van der Waals surface area (Å²) in [5.41, 5.74) is 1.90. The number of aldehydes is 1. The van der Waals surface area contributed by atoms with Gasteiger partial charge in [-0.25, -0.2) is 9.36 Å². The third-order valence-electron chi connectivity index (χ3n) is 4.53. The van der Waals surface area contributed by atoms with Crippen LogP contribution < -0.4 is 0 Å². The maximum absolute atomic E-state index is 13.0. The maximum Gasteiger partial charge on any atom is 0.419 e. The number of carbonyl (C=O) groups excluding carboxylic acids is 2. The monoisotopic (exact) mass is 376 g/mol. The number of hydrogen-bond donors (Lipinski definition) is 2. The van der Waals surface area contributed by atoms with Gasteiger partial charge < -0.3 is 14.8 Å². The molecule has 0 radical (unpaired) electrons. The fourth-order valence-electron chi connectivity index (χ4n) is 3.37. The van der Waals surface area contributed by atoms with Crippen molar-refractivity contribution in [3.05, 3.63) is 54.4 Å². The molecule has 28 heavy (non-hydrogen) atoms. The van der Waals surface area contributed by atoms with E-state index >= 15 is 0 Å². The summed E-state index contributed by atoms with van der Waals surface area (Å²) in [7, 11) is 0. The normalized spacial score (nSPS) is 11.8. The highest BCUT2D eigenvalue weighted by atomic mass is 16.6. The fourth-order valence-corrected chi connectivity index (χ4v) is 3.37. The summed E-state index contributed by atoms with van der Waals surface area (Å²) in [6.07, 6.45) is 3.75. The smallest absolute Gasteiger partial charge is 0.419 e. The number of aromatic nitrogens is 2. The molecular weight excluding hydrogens is 356 g/mol. The molecule has 2 heterocycles. The molecule has 142 valence electrons. The number of ether oxygens (including phenoxy) is 1. The van der Waals surface area contributed by atoms with Crippen LogP contribution in [0.15, 0.2) is 48.8 Å². The van der Waals surface area contributed by atoms with E-state index in [2.05, 4.69) is 4.98 Å². The topological polar surface area (TPSA) is 84.3 Å². The number of fused-ring (bicyclic) bond motifs is 2. The fraction of sp³-hybridized carbons (Fsp3) is 0.182. The van der Waals surface area contributed by atoms with Gasteiger partial charge in [0.05, 0.1) is 11.2 Å². The van der Waals surface area contributed by atoms with Crippen LogP contribution in [0.2, 0.25) is 0 Å². The number of aromatic hydroxyl groups is 1. The first-order valence-electron chi connectivity index (χ1n) is 8.91. The SMILES string of the molecule is CC(C)(C)OC(=O)n1c(-c2ccc(O)c3c[nH]cc23)cc2cc(C=O)ccc21. The molecule has 0 atom stereocenters. The van der Waals surface area contributed by atoms with Gasteiger partial charge in [0.15, 0.2) is 0 Å². The standard InChI is InChI=1S/C22H20N2O4/c1-22(2,3)28-21(27)24-18-6-4-13(12-25)8-14(18)9-19(24)15-5-7-20(26)17-11-23-10-16(15)17/h4-12,23,26H,1-3H3. The van der Waals surface area contributed by atoms with Gasteiger partial charge in [0.25, 0.3) is 0 Å². The summed E-state index contributed by atoms with van der Waals surface area (Å²) in [6.45, 7) is 5.43. The predicted molar refractivity (Wildman–Crippen MR) is 108 cm³/mol. The Labute approximate surface area is 161 Å². The molecule has 2 N–H and O–H groups in total. The molecule has 0 fully saturated rings. The lowest BCUT2D eigenvalue weighted by molar-refractivity contribution is 0.0547. The largest absolute Gasteiger partial charge is 0.507 e. The number of nitrogens with zero attached hydrogens (tertiary/aromatic N) is 1. The number of phenolic OH excluding ortho intramolecular Hbond substituents is 1. The third-order valence-corrected chi connectivity index (χ3v) is 4.53. The number of benzene rings is 2. The molecule has 4 rings (SSSR count). The highest BCUT2D eigenvalue weighted by Gasteiger charge is 2.24. The Kier molecular flexibility index (Phi) is 4.00. The second-order valence-electron chi connectivity index (χ2n) is 7.70. The van der Waals surface area contributed by atoms with Crippen molar-refractivity contribution in [2.45, 2.75) is 26.4 Å². The number of carbonyl (C=O) groups is 2. The van der Waals surface area contributed by atoms with Gasteiger partial charge in [-0.3, -0.25) is 4.79 Å².